The Hall–Kier alpha value is -0.160. The topological polar surface area (TPSA) is 35.9 Å². The van der Waals surface area contributed by atoms with Gasteiger partial charge < -0.3 is 14.7 Å². The SMILES string of the molecule is CCCCN1CCN(CCOC(C)O)CC1. The monoisotopic (exact) mass is 230 g/mol. The Morgan fingerprint density at radius 2 is 1.69 bits per heavy atom. The molecule has 0 aromatic rings. The minimum Gasteiger partial charge on any atom is -0.368 e. The lowest BCUT2D eigenvalue weighted by Crippen LogP contribution is -2.47. The predicted octanol–water partition coefficient (Wildman–Crippen LogP) is 0.759. The average molecular weight is 230 g/mol. The Balaban J connectivity index is 2.03. The zero-order valence-electron chi connectivity index (χ0n) is 10.7. The van der Waals surface area contributed by atoms with E-state index in [1.165, 1.54) is 32.5 Å². The zero-order chi connectivity index (χ0) is 11.8. The molecule has 1 aliphatic rings. The molecule has 1 atom stereocenters. The first-order valence-corrected chi connectivity index (χ1v) is 6.46. The van der Waals surface area contributed by atoms with Gasteiger partial charge in [0.25, 0.3) is 0 Å². The summed E-state index contributed by atoms with van der Waals surface area (Å²) in [5, 5.41) is 8.97. The lowest BCUT2D eigenvalue weighted by Gasteiger charge is -2.34. The van der Waals surface area contributed by atoms with Gasteiger partial charge in [0.05, 0.1) is 6.61 Å². The first kappa shape index (κ1) is 13.9. The van der Waals surface area contributed by atoms with Crippen LogP contribution < -0.4 is 0 Å². The van der Waals surface area contributed by atoms with Crippen LogP contribution in [-0.2, 0) is 4.74 Å². The quantitative estimate of drug-likeness (QED) is 0.655. The maximum absolute atomic E-state index is 8.97. The fourth-order valence-electron chi connectivity index (χ4n) is 1.97. The third-order valence-electron chi connectivity index (χ3n) is 3.06. The van der Waals surface area contributed by atoms with Gasteiger partial charge in [-0.3, -0.25) is 4.90 Å². The molecule has 0 aliphatic carbocycles. The summed E-state index contributed by atoms with van der Waals surface area (Å²) < 4.78 is 5.14. The Morgan fingerprint density at radius 3 is 2.19 bits per heavy atom. The number of piperazine rings is 1. The third kappa shape index (κ3) is 5.80. The average Bonchev–Trinajstić information content (AvgIpc) is 2.27. The molecule has 0 aromatic heterocycles. The van der Waals surface area contributed by atoms with Crippen LogP contribution in [-0.4, -0.2) is 67.1 Å². The molecule has 96 valence electrons. The molecule has 16 heavy (non-hydrogen) atoms. The van der Waals surface area contributed by atoms with E-state index in [1.807, 2.05) is 0 Å². The predicted molar refractivity (Wildman–Crippen MR) is 65.4 cm³/mol. The van der Waals surface area contributed by atoms with Gasteiger partial charge in [-0.05, 0) is 19.9 Å². The number of nitrogens with zero attached hydrogens (tertiary/aromatic N) is 2. The van der Waals surface area contributed by atoms with Crippen molar-refractivity contribution in [2.45, 2.75) is 33.0 Å². The van der Waals surface area contributed by atoms with Crippen molar-refractivity contribution in [1.82, 2.24) is 9.80 Å². The van der Waals surface area contributed by atoms with Crippen molar-refractivity contribution < 1.29 is 9.84 Å². The van der Waals surface area contributed by atoms with E-state index in [1.54, 1.807) is 6.92 Å². The van der Waals surface area contributed by atoms with Crippen molar-refractivity contribution in [1.29, 1.82) is 0 Å². The minimum atomic E-state index is -0.633. The summed E-state index contributed by atoms with van der Waals surface area (Å²) in [7, 11) is 0. The Kier molecular flexibility index (Phi) is 6.96. The summed E-state index contributed by atoms with van der Waals surface area (Å²) in [5.41, 5.74) is 0. The van der Waals surface area contributed by atoms with Gasteiger partial charge in [-0.25, -0.2) is 0 Å². The second-order valence-corrected chi connectivity index (χ2v) is 4.51. The van der Waals surface area contributed by atoms with Gasteiger partial charge in [-0.2, -0.15) is 0 Å². The van der Waals surface area contributed by atoms with Crippen molar-refractivity contribution in [3.63, 3.8) is 0 Å². The standard InChI is InChI=1S/C12H26N2O2/c1-3-4-5-13-6-8-14(9-7-13)10-11-16-12(2)15/h12,15H,3-11H2,1-2H3. The van der Waals surface area contributed by atoms with E-state index in [4.69, 9.17) is 9.84 Å². The maximum atomic E-state index is 8.97. The van der Waals surface area contributed by atoms with Crippen molar-refractivity contribution >= 4 is 0 Å². The Labute approximate surface area is 99.2 Å². The summed E-state index contributed by atoms with van der Waals surface area (Å²) in [6.07, 6.45) is 1.96. The van der Waals surface area contributed by atoms with E-state index < -0.39 is 6.29 Å². The Morgan fingerprint density at radius 1 is 1.12 bits per heavy atom. The first-order valence-electron chi connectivity index (χ1n) is 6.46. The highest BCUT2D eigenvalue weighted by Gasteiger charge is 2.15. The fraction of sp³-hybridized carbons (Fsp3) is 1.00. The molecule has 1 unspecified atom stereocenters. The van der Waals surface area contributed by atoms with E-state index in [0.29, 0.717) is 6.61 Å². The lowest BCUT2D eigenvalue weighted by atomic mass is 10.2. The zero-order valence-corrected chi connectivity index (χ0v) is 10.7. The second-order valence-electron chi connectivity index (χ2n) is 4.51. The highest BCUT2D eigenvalue weighted by molar-refractivity contribution is 4.71. The van der Waals surface area contributed by atoms with Crippen LogP contribution in [0.1, 0.15) is 26.7 Å². The molecule has 4 nitrogen and oxygen atoms in total. The summed E-state index contributed by atoms with van der Waals surface area (Å²) >= 11 is 0. The van der Waals surface area contributed by atoms with Crippen molar-refractivity contribution in [3.8, 4) is 0 Å². The highest BCUT2D eigenvalue weighted by atomic mass is 16.6. The molecule has 0 bridgehead atoms. The van der Waals surface area contributed by atoms with E-state index in [9.17, 15) is 0 Å². The molecule has 0 saturated carbocycles. The van der Waals surface area contributed by atoms with E-state index in [-0.39, 0.29) is 0 Å². The van der Waals surface area contributed by atoms with Crippen LogP contribution >= 0.6 is 0 Å². The van der Waals surface area contributed by atoms with Crippen LogP contribution in [0.3, 0.4) is 0 Å². The summed E-state index contributed by atoms with van der Waals surface area (Å²) in [6.45, 7) is 11.3. The van der Waals surface area contributed by atoms with Gasteiger partial charge in [0.15, 0.2) is 6.29 Å². The van der Waals surface area contributed by atoms with Crippen LogP contribution in [0.4, 0.5) is 0 Å². The van der Waals surface area contributed by atoms with Gasteiger partial charge in [0.1, 0.15) is 0 Å². The van der Waals surface area contributed by atoms with Gasteiger partial charge >= 0.3 is 0 Å². The smallest absolute Gasteiger partial charge is 0.151 e. The molecular weight excluding hydrogens is 204 g/mol. The molecule has 4 heteroatoms. The molecule has 1 N–H and O–H groups in total. The molecule has 1 aliphatic heterocycles. The van der Waals surface area contributed by atoms with E-state index in [0.717, 1.165) is 19.6 Å². The summed E-state index contributed by atoms with van der Waals surface area (Å²) in [4.78, 5) is 4.94. The third-order valence-corrected chi connectivity index (χ3v) is 3.06. The van der Waals surface area contributed by atoms with Gasteiger partial charge in [-0.1, -0.05) is 13.3 Å². The van der Waals surface area contributed by atoms with Crippen LogP contribution in [0.15, 0.2) is 0 Å². The molecule has 0 aromatic carbocycles. The summed E-state index contributed by atoms with van der Waals surface area (Å²) in [5.74, 6) is 0. The number of ether oxygens (including phenoxy) is 1. The van der Waals surface area contributed by atoms with E-state index in [2.05, 4.69) is 16.7 Å². The van der Waals surface area contributed by atoms with Crippen molar-refractivity contribution in [3.05, 3.63) is 0 Å². The number of rotatable bonds is 7. The lowest BCUT2D eigenvalue weighted by molar-refractivity contribution is -0.0907. The molecular formula is C12H26N2O2. The first-order chi connectivity index (χ1) is 7.72. The Bertz CT molecular complexity index is 168. The van der Waals surface area contributed by atoms with Gasteiger partial charge in [0, 0.05) is 32.7 Å². The van der Waals surface area contributed by atoms with Crippen molar-refractivity contribution in [2.75, 3.05) is 45.9 Å². The maximum Gasteiger partial charge on any atom is 0.151 e. The van der Waals surface area contributed by atoms with E-state index >= 15 is 0 Å². The number of aliphatic hydroxyl groups excluding tert-OH is 1. The second kappa shape index (κ2) is 8.01. The molecule has 0 spiro atoms. The summed E-state index contributed by atoms with van der Waals surface area (Å²) in [6, 6.07) is 0. The van der Waals surface area contributed by atoms with Gasteiger partial charge in [-0.15, -0.1) is 0 Å². The molecule has 0 radical (unpaired) electrons. The largest absolute Gasteiger partial charge is 0.368 e. The van der Waals surface area contributed by atoms with Crippen LogP contribution in [0.25, 0.3) is 0 Å². The number of unbranched alkanes of at least 4 members (excludes halogenated alkanes) is 1. The number of hydrogen-bond acceptors (Lipinski definition) is 4. The van der Waals surface area contributed by atoms with Gasteiger partial charge in [0.2, 0.25) is 0 Å². The minimum absolute atomic E-state index is 0.632. The number of aliphatic hydroxyl groups is 1. The molecule has 1 saturated heterocycles. The number of hydrogen-bond donors (Lipinski definition) is 1. The molecule has 1 rings (SSSR count). The molecule has 0 amide bonds. The van der Waals surface area contributed by atoms with Crippen LogP contribution in [0.2, 0.25) is 0 Å². The highest BCUT2D eigenvalue weighted by Crippen LogP contribution is 2.03. The van der Waals surface area contributed by atoms with Crippen LogP contribution in [0, 0.1) is 0 Å². The fourth-order valence-corrected chi connectivity index (χ4v) is 1.97. The molecule has 1 heterocycles. The van der Waals surface area contributed by atoms with Crippen molar-refractivity contribution in [2.24, 2.45) is 0 Å². The molecule has 1 fully saturated rings. The normalized spacial score (nSPS) is 21.2. The van der Waals surface area contributed by atoms with Crippen LogP contribution in [0.5, 0.6) is 0 Å².